The summed E-state index contributed by atoms with van der Waals surface area (Å²) in [6.45, 7) is 1.07. The fourth-order valence-electron chi connectivity index (χ4n) is 1.80. The molecule has 0 saturated carbocycles. The third-order valence-corrected chi connectivity index (χ3v) is 3.61. The van der Waals surface area contributed by atoms with E-state index < -0.39 is 5.97 Å². The lowest BCUT2D eigenvalue weighted by atomic mass is 10.2. The molecule has 0 atom stereocenters. The van der Waals surface area contributed by atoms with Crippen LogP contribution in [0, 0.1) is 0 Å². The third kappa shape index (κ3) is 3.56. The Morgan fingerprint density at radius 3 is 3.00 bits per heavy atom. The van der Waals surface area contributed by atoms with Gasteiger partial charge in [0.25, 0.3) is 0 Å². The molecule has 0 fully saturated rings. The molecule has 0 aliphatic heterocycles. The van der Waals surface area contributed by atoms with Gasteiger partial charge >= 0.3 is 5.97 Å². The molecule has 0 aliphatic carbocycles. The van der Waals surface area contributed by atoms with Crippen molar-refractivity contribution < 1.29 is 14.6 Å². The molecular weight excluding hydrogens is 262 g/mol. The fraction of sp³-hybridized carbons (Fsp3) is 0.214. The van der Waals surface area contributed by atoms with Crippen molar-refractivity contribution in [2.75, 3.05) is 12.4 Å². The first-order valence-corrected chi connectivity index (χ1v) is 6.70. The van der Waals surface area contributed by atoms with Crippen LogP contribution in [-0.2, 0) is 17.9 Å². The Hall–Kier alpha value is -1.85. The van der Waals surface area contributed by atoms with Crippen molar-refractivity contribution in [3.63, 3.8) is 0 Å². The van der Waals surface area contributed by atoms with Crippen molar-refractivity contribution in [2.45, 2.75) is 13.2 Å². The van der Waals surface area contributed by atoms with Crippen molar-refractivity contribution in [3.8, 4) is 0 Å². The van der Waals surface area contributed by atoms with E-state index in [0.717, 1.165) is 16.8 Å². The number of benzene rings is 1. The molecule has 4 nitrogen and oxygen atoms in total. The number of thiophene rings is 1. The second kappa shape index (κ2) is 6.36. The summed E-state index contributed by atoms with van der Waals surface area (Å²) in [6.07, 6.45) is 0. The van der Waals surface area contributed by atoms with Gasteiger partial charge < -0.3 is 15.2 Å². The maximum atomic E-state index is 11.0. The SMILES string of the molecule is COCc1cccc(NCc2ccsc2C(=O)O)c1. The summed E-state index contributed by atoms with van der Waals surface area (Å²) in [6, 6.07) is 9.72. The molecule has 0 radical (unpaired) electrons. The quantitative estimate of drug-likeness (QED) is 0.851. The van der Waals surface area contributed by atoms with Crippen LogP contribution >= 0.6 is 11.3 Å². The van der Waals surface area contributed by atoms with Crippen LogP contribution in [0.5, 0.6) is 0 Å². The number of aromatic carboxylic acids is 1. The van der Waals surface area contributed by atoms with E-state index in [1.54, 1.807) is 12.5 Å². The predicted octanol–water partition coefficient (Wildman–Crippen LogP) is 3.20. The normalized spacial score (nSPS) is 10.4. The predicted molar refractivity (Wildman–Crippen MR) is 75.8 cm³/mol. The van der Waals surface area contributed by atoms with Gasteiger partial charge in [0.1, 0.15) is 4.88 Å². The Kier molecular flexibility index (Phi) is 4.54. The molecule has 0 aliphatic rings. The van der Waals surface area contributed by atoms with Crippen LogP contribution in [0.15, 0.2) is 35.7 Å². The molecule has 2 N–H and O–H groups in total. The molecule has 100 valence electrons. The van der Waals surface area contributed by atoms with Crippen LogP contribution in [0.4, 0.5) is 5.69 Å². The Balaban J connectivity index is 2.04. The van der Waals surface area contributed by atoms with Gasteiger partial charge in [0.2, 0.25) is 0 Å². The van der Waals surface area contributed by atoms with Gasteiger partial charge in [0.05, 0.1) is 6.61 Å². The second-order valence-corrected chi connectivity index (χ2v) is 4.98. The number of methoxy groups -OCH3 is 1. The smallest absolute Gasteiger partial charge is 0.346 e. The summed E-state index contributed by atoms with van der Waals surface area (Å²) in [5.41, 5.74) is 2.84. The number of carboxylic acid groups (broad SMARTS) is 1. The number of carboxylic acids is 1. The Labute approximate surface area is 115 Å². The van der Waals surface area contributed by atoms with E-state index in [2.05, 4.69) is 5.32 Å². The highest BCUT2D eigenvalue weighted by atomic mass is 32.1. The highest BCUT2D eigenvalue weighted by molar-refractivity contribution is 7.12. The van der Waals surface area contributed by atoms with Gasteiger partial charge in [0.15, 0.2) is 0 Å². The molecular formula is C14H15NO3S. The van der Waals surface area contributed by atoms with Crippen LogP contribution in [0.1, 0.15) is 20.8 Å². The van der Waals surface area contributed by atoms with E-state index in [0.29, 0.717) is 18.0 Å². The summed E-state index contributed by atoms with van der Waals surface area (Å²) in [7, 11) is 1.66. The van der Waals surface area contributed by atoms with E-state index in [1.165, 1.54) is 11.3 Å². The second-order valence-electron chi connectivity index (χ2n) is 4.07. The summed E-state index contributed by atoms with van der Waals surface area (Å²) in [5.74, 6) is -0.875. The van der Waals surface area contributed by atoms with Gasteiger partial charge in [-0.05, 0) is 34.7 Å². The van der Waals surface area contributed by atoms with Gasteiger partial charge in [-0.1, -0.05) is 12.1 Å². The Bertz CT molecular complexity index is 565. The third-order valence-electron chi connectivity index (χ3n) is 2.66. The monoisotopic (exact) mass is 277 g/mol. The van der Waals surface area contributed by atoms with Crippen molar-refractivity contribution >= 4 is 23.0 Å². The molecule has 2 rings (SSSR count). The minimum Gasteiger partial charge on any atom is -0.477 e. The van der Waals surface area contributed by atoms with Crippen molar-refractivity contribution in [2.24, 2.45) is 0 Å². The van der Waals surface area contributed by atoms with Crippen molar-refractivity contribution in [1.29, 1.82) is 0 Å². The highest BCUT2D eigenvalue weighted by Gasteiger charge is 2.10. The number of hydrogen-bond acceptors (Lipinski definition) is 4. The number of anilines is 1. The van der Waals surface area contributed by atoms with Gasteiger partial charge in [-0.2, -0.15) is 0 Å². The van der Waals surface area contributed by atoms with Crippen LogP contribution in [0.2, 0.25) is 0 Å². The van der Waals surface area contributed by atoms with Gasteiger partial charge in [-0.3, -0.25) is 0 Å². The van der Waals surface area contributed by atoms with Crippen LogP contribution < -0.4 is 5.32 Å². The molecule has 0 spiro atoms. The average molecular weight is 277 g/mol. The number of nitrogens with one attached hydrogen (secondary N) is 1. The molecule has 0 unspecified atom stereocenters. The van der Waals surface area contributed by atoms with E-state index in [-0.39, 0.29) is 0 Å². The standard InChI is InChI=1S/C14H15NO3S/c1-18-9-10-3-2-4-12(7-10)15-8-11-5-6-19-13(11)14(16)17/h2-7,15H,8-9H2,1H3,(H,16,17). The largest absolute Gasteiger partial charge is 0.477 e. The number of hydrogen-bond donors (Lipinski definition) is 2. The Morgan fingerprint density at radius 1 is 1.42 bits per heavy atom. The first-order valence-electron chi connectivity index (χ1n) is 5.82. The number of rotatable bonds is 6. The lowest BCUT2D eigenvalue weighted by Gasteiger charge is -2.08. The first-order chi connectivity index (χ1) is 9.20. The zero-order chi connectivity index (χ0) is 13.7. The van der Waals surface area contributed by atoms with Gasteiger partial charge in [0, 0.05) is 19.3 Å². The molecule has 1 aromatic heterocycles. The van der Waals surface area contributed by atoms with Crippen molar-refractivity contribution in [1.82, 2.24) is 0 Å². The molecule has 1 heterocycles. The molecule has 0 amide bonds. The Morgan fingerprint density at radius 2 is 2.26 bits per heavy atom. The number of ether oxygens (including phenoxy) is 1. The summed E-state index contributed by atoms with van der Waals surface area (Å²) >= 11 is 1.24. The van der Waals surface area contributed by atoms with E-state index in [9.17, 15) is 4.79 Å². The minimum absolute atomic E-state index is 0.389. The molecule has 5 heteroatoms. The highest BCUT2D eigenvalue weighted by Crippen LogP contribution is 2.19. The fourth-order valence-corrected chi connectivity index (χ4v) is 2.56. The topological polar surface area (TPSA) is 58.6 Å². The first kappa shape index (κ1) is 13.6. The molecule has 0 bridgehead atoms. The minimum atomic E-state index is -0.875. The van der Waals surface area contributed by atoms with E-state index >= 15 is 0 Å². The zero-order valence-electron chi connectivity index (χ0n) is 10.6. The van der Waals surface area contributed by atoms with Crippen LogP contribution in [-0.4, -0.2) is 18.2 Å². The lowest BCUT2D eigenvalue weighted by Crippen LogP contribution is -2.04. The maximum absolute atomic E-state index is 11.0. The average Bonchev–Trinajstić information content (AvgIpc) is 2.86. The lowest BCUT2D eigenvalue weighted by molar-refractivity contribution is 0.0701. The molecule has 1 aromatic carbocycles. The van der Waals surface area contributed by atoms with E-state index in [1.807, 2.05) is 30.3 Å². The summed E-state index contributed by atoms with van der Waals surface area (Å²) < 4.78 is 5.08. The van der Waals surface area contributed by atoms with Gasteiger partial charge in [-0.15, -0.1) is 11.3 Å². The van der Waals surface area contributed by atoms with E-state index in [4.69, 9.17) is 9.84 Å². The number of carbonyl (C=O) groups is 1. The molecule has 19 heavy (non-hydrogen) atoms. The maximum Gasteiger partial charge on any atom is 0.346 e. The summed E-state index contributed by atoms with van der Waals surface area (Å²) in [5, 5.41) is 14.1. The molecule has 2 aromatic rings. The van der Waals surface area contributed by atoms with Crippen LogP contribution in [0.25, 0.3) is 0 Å². The summed E-state index contributed by atoms with van der Waals surface area (Å²) in [4.78, 5) is 11.4. The van der Waals surface area contributed by atoms with Crippen molar-refractivity contribution in [3.05, 3.63) is 51.7 Å². The van der Waals surface area contributed by atoms with Gasteiger partial charge in [-0.25, -0.2) is 4.79 Å². The van der Waals surface area contributed by atoms with Crippen LogP contribution in [0.3, 0.4) is 0 Å². The molecule has 0 saturated heterocycles. The zero-order valence-corrected chi connectivity index (χ0v) is 11.4.